The van der Waals surface area contributed by atoms with Gasteiger partial charge < -0.3 is 19.4 Å². The van der Waals surface area contributed by atoms with Gasteiger partial charge in [0.15, 0.2) is 16.5 Å². The summed E-state index contributed by atoms with van der Waals surface area (Å²) in [5.74, 6) is -4.23. The zero-order chi connectivity index (χ0) is 20.4. The van der Waals surface area contributed by atoms with Crippen molar-refractivity contribution in [3.8, 4) is 11.5 Å². The van der Waals surface area contributed by atoms with E-state index in [0.29, 0.717) is 5.75 Å². The van der Waals surface area contributed by atoms with E-state index in [1.807, 2.05) is 0 Å². The number of ether oxygens (including phenoxy) is 2. The van der Waals surface area contributed by atoms with Gasteiger partial charge in [0, 0.05) is 24.1 Å². The maximum Gasteiger partial charge on any atom is 0.420 e. The first-order chi connectivity index (χ1) is 12.6. The number of rotatable bonds is 6. The number of hydrogen-bond acceptors (Lipinski definition) is 6. The van der Waals surface area contributed by atoms with Crippen LogP contribution in [0.25, 0.3) is 0 Å². The number of hydrogen-bond donors (Lipinski definition) is 1. The van der Waals surface area contributed by atoms with E-state index >= 15 is 0 Å². The van der Waals surface area contributed by atoms with Gasteiger partial charge in [-0.05, 0) is 11.6 Å². The van der Waals surface area contributed by atoms with Gasteiger partial charge in [0.1, 0.15) is 17.3 Å². The molecule has 0 saturated heterocycles. The maximum absolute atomic E-state index is 14.7. The van der Waals surface area contributed by atoms with Crippen molar-refractivity contribution in [3.63, 3.8) is 0 Å². The molecule has 0 radical (unpaired) electrons. The summed E-state index contributed by atoms with van der Waals surface area (Å²) in [6.07, 6.45) is -2.28. The van der Waals surface area contributed by atoms with E-state index in [-0.39, 0.29) is 17.4 Å². The molecule has 0 atom stereocenters. The maximum atomic E-state index is 14.7. The Morgan fingerprint density at radius 2 is 1.74 bits per heavy atom. The van der Waals surface area contributed by atoms with E-state index in [2.05, 4.69) is 9.92 Å². The van der Waals surface area contributed by atoms with Gasteiger partial charge >= 0.3 is 16.2 Å². The molecule has 0 fully saturated rings. The third-order valence-electron chi connectivity index (χ3n) is 3.53. The Balaban J connectivity index is 2.59. The highest BCUT2D eigenvalue weighted by Gasteiger charge is 2.31. The number of benzene rings is 2. The van der Waals surface area contributed by atoms with Gasteiger partial charge in [-0.1, -0.05) is 6.07 Å². The number of halogens is 3. The molecular weight excluding hydrogens is 391 g/mol. The van der Waals surface area contributed by atoms with Crippen molar-refractivity contribution in [1.29, 1.82) is 0 Å². The van der Waals surface area contributed by atoms with Crippen LogP contribution in [0.15, 0.2) is 29.2 Å². The molecule has 0 saturated carbocycles. The lowest BCUT2D eigenvalue weighted by molar-refractivity contribution is 0.212. The van der Waals surface area contributed by atoms with E-state index in [1.54, 1.807) is 0 Å². The second kappa shape index (κ2) is 7.74. The monoisotopic (exact) mass is 405 g/mol. The first-order valence-electron chi connectivity index (χ1n) is 7.22. The number of amides is 1. The molecule has 0 aliphatic carbocycles. The molecular formula is C16H14F3NO6S. The highest BCUT2D eigenvalue weighted by Crippen LogP contribution is 2.31. The molecule has 7 nitrogen and oxygen atoms in total. The summed E-state index contributed by atoms with van der Waals surface area (Å²) in [6, 6.07) is 4.55. The first-order valence-corrected chi connectivity index (χ1v) is 8.62. The lowest BCUT2D eigenvalue weighted by Gasteiger charge is -2.13. The second-order valence-corrected chi connectivity index (χ2v) is 6.66. The quantitative estimate of drug-likeness (QED) is 0.741. The highest BCUT2D eigenvalue weighted by atomic mass is 32.2. The average molecular weight is 405 g/mol. The lowest BCUT2D eigenvalue weighted by Crippen LogP contribution is -2.21. The molecule has 2 rings (SSSR count). The van der Waals surface area contributed by atoms with Crippen LogP contribution in [0.4, 0.5) is 18.0 Å². The van der Waals surface area contributed by atoms with Crippen LogP contribution in [0.5, 0.6) is 11.5 Å². The van der Waals surface area contributed by atoms with Crippen LogP contribution in [0, 0.1) is 17.5 Å². The van der Waals surface area contributed by atoms with E-state index in [4.69, 9.17) is 9.47 Å². The molecule has 2 N–H and O–H groups in total. The fraction of sp³-hybridized carbons (Fsp3) is 0.188. The second-order valence-electron chi connectivity index (χ2n) is 5.17. The summed E-state index contributed by atoms with van der Waals surface area (Å²) in [6.45, 7) is 0. The summed E-state index contributed by atoms with van der Waals surface area (Å²) < 4.78 is 80.2. The summed E-state index contributed by atoms with van der Waals surface area (Å²) in [4.78, 5) is 9.05. The largest absolute Gasteiger partial charge is 0.497 e. The molecule has 11 heteroatoms. The smallest absolute Gasteiger partial charge is 0.420 e. The topological polar surface area (TPSA) is 105 Å². The first kappa shape index (κ1) is 20.4. The minimum Gasteiger partial charge on any atom is -0.497 e. The average Bonchev–Trinajstić information content (AvgIpc) is 2.56. The zero-order valence-corrected chi connectivity index (χ0v) is 14.9. The van der Waals surface area contributed by atoms with E-state index in [0.717, 1.165) is 0 Å². The van der Waals surface area contributed by atoms with Crippen molar-refractivity contribution in [2.75, 3.05) is 14.2 Å². The third kappa shape index (κ3) is 4.25. The minimum absolute atomic E-state index is 0.172. The van der Waals surface area contributed by atoms with Crippen molar-refractivity contribution in [3.05, 3.63) is 52.8 Å². The fourth-order valence-corrected chi connectivity index (χ4v) is 3.28. The Labute approximate surface area is 152 Å². The van der Waals surface area contributed by atoms with Gasteiger partial charge in [-0.2, -0.15) is 8.42 Å². The summed E-state index contributed by atoms with van der Waals surface area (Å²) >= 11 is 0. The van der Waals surface area contributed by atoms with Gasteiger partial charge in [-0.25, -0.2) is 18.0 Å². The standard InChI is InChI=1S/C16H14F3NO6S/c1-24-9-4-3-8(13(6-9)25-2)5-10-11(17)7-12(18)15(14(10)19)27(22,23)26-16(20)21/h3-4,6-7H,5H2,1-2H3,(H2,20,21). The predicted octanol–water partition coefficient (Wildman–Crippen LogP) is 2.50. The van der Waals surface area contributed by atoms with Crippen LogP contribution in [-0.4, -0.2) is 28.7 Å². The number of carbonyl (C=O) groups excluding carboxylic acids is 1. The number of nitrogens with two attached hydrogens (primary N) is 1. The molecule has 0 aliphatic rings. The third-order valence-corrected chi connectivity index (χ3v) is 4.78. The molecule has 2 aromatic rings. The molecule has 1 amide bonds. The number of primary amides is 1. The normalized spacial score (nSPS) is 11.1. The van der Waals surface area contributed by atoms with Crippen LogP contribution in [-0.2, 0) is 20.7 Å². The van der Waals surface area contributed by atoms with Crippen LogP contribution in [0.2, 0.25) is 0 Å². The van der Waals surface area contributed by atoms with Gasteiger partial charge in [-0.3, -0.25) is 0 Å². The van der Waals surface area contributed by atoms with Gasteiger partial charge in [-0.15, -0.1) is 0 Å². The molecule has 0 bridgehead atoms. The van der Waals surface area contributed by atoms with Crippen LogP contribution in [0.3, 0.4) is 0 Å². The van der Waals surface area contributed by atoms with Crippen LogP contribution < -0.4 is 15.2 Å². The fourth-order valence-electron chi connectivity index (χ4n) is 2.34. The Morgan fingerprint density at radius 3 is 2.30 bits per heavy atom. The van der Waals surface area contributed by atoms with Crippen LogP contribution in [0.1, 0.15) is 11.1 Å². The number of methoxy groups -OCH3 is 2. The number of carbonyl (C=O) groups is 1. The Hall–Kier alpha value is -2.95. The van der Waals surface area contributed by atoms with Crippen molar-refractivity contribution in [2.45, 2.75) is 11.3 Å². The highest BCUT2D eigenvalue weighted by molar-refractivity contribution is 7.87. The molecule has 0 aliphatic heterocycles. The summed E-state index contributed by atoms with van der Waals surface area (Å²) in [7, 11) is -2.50. The Kier molecular flexibility index (Phi) is 5.84. The summed E-state index contributed by atoms with van der Waals surface area (Å²) in [5, 5.41) is 0. The van der Waals surface area contributed by atoms with Crippen molar-refractivity contribution < 1.29 is 40.0 Å². The molecule has 0 spiro atoms. The van der Waals surface area contributed by atoms with Gasteiger partial charge in [0.25, 0.3) is 0 Å². The van der Waals surface area contributed by atoms with E-state index in [1.165, 1.54) is 32.4 Å². The molecule has 2 aromatic carbocycles. The molecule has 0 heterocycles. The van der Waals surface area contributed by atoms with E-state index in [9.17, 15) is 26.4 Å². The van der Waals surface area contributed by atoms with Crippen LogP contribution >= 0.6 is 0 Å². The van der Waals surface area contributed by atoms with Crippen molar-refractivity contribution >= 4 is 16.2 Å². The van der Waals surface area contributed by atoms with Gasteiger partial charge in [0.05, 0.1) is 14.2 Å². The Bertz CT molecular complexity index is 994. The predicted molar refractivity (Wildman–Crippen MR) is 86.5 cm³/mol. The molecule has 0 unspecified atom stereocenters. The van der Waals surface area contributed by atoms with Crippen molar-refractivity contribution in [2.24, 2.45) is 5.73 Å². The van der Waals surface area contributed by atoms with Gasteiger partial charge in [0.2, 0.25) is 0 Å². The van der Waals surface area contributed by atoms with Crippen molar-refractivity contribution in [1.82, 2.24) is 0 Å². The SMILES string of the molecule is COc1ccc(Cc2c(F)cc(F)c(S(=O)(=O)OC(N)=O)c2F)c(OC)c1. The minimum atomic E-state index is -5.22. The summed E-state index contributed by atoms with van der Waals surface area (Å²) in [5.41, 5.74) is 4.08. The molecule has 146 valence electrons. The van der Waals surface area contributed by atoms with E-state index < -0.39 is 50.5 Å². The molecule has 27 heavy (non-hydrogen) atoms. The molecule has 0 aromatic heterocycles. The lowest BCUT2D eigenvalue weighted by atomic mass is 10.0. The Morgan fingerprint density at radius 1 is 1.07 bits per heavy atom. The zero-order valence-electron chi connectivity index (χ0n) is 14.1.